The maximum absolute atomic E-state index is 6.12. The third kappa shape index (κ3) is 5.55. The van der Waals surface area contributed by atoms with Crippen LogP contribution in [0.2, 0.25) is 0 Å². The van der Waals surface area contributed by atoms with Gasteiger partial charge in [-0.3, -0.25) is 0 Å². The summed E-state index contributed by atoms with van der Waals surface area (Å²) in [6.07, 6.45) is 13.0. The van der Waals surface area contributed by atoms with Crippen molar-refractivity contribution in [1.29, 1.82) is 0 Å². The fourth-order valence-corrected chi connectivity index (χ4v) is 4.57. The minimum atomic E-state index is 0.351. The van der Waals surface area contributed by atoms with Crippen molar-refractivity contribution in [3.63, 3.8) is 0 Å². The molecule has 0 saturated heterocycles. The van der Waals surface area contributed by atoms with E-state index in [1.54, 1.807) is 0 Å². The van der Waals surface area contributed by atoms with Gasteiger partial charge in [0.25, 0.3) is 0 Å². The maximum Gasteiger partial charge on any atom is 0.0704 e. The van der Waals surface area contributed by atoms with Gasteiger partial charge in [0.1, 0.15) is 0 Å². The first-order valence-electron chi connectivity index (χ1n) is 10.8. The molecule has 0 radical (unpaired) electrons. The lowest BCUT2D eigenvalue weighted by atomic mass is 9.85. The number of rotatable bonds is 9. The summed E-state index contributed by atoms with van der Waals surface area (Å²) in [5.74, 6) is 0.510. The molecule has 0 bridgehead atoms. The molecular formula is C23H37NO2. The van der Waals surface area contributed by atoms with E-state index in [-0.39, 0.29) is 0 Å². The van der Waals surface area contributed by atoms with E-state index in [1.807, 2.05) is 0 Å². The predicted octanol–water partition coefficient (Wildman–Crippen LogP) is 4.75. The van der Waals surface area contributed by atoms with E-state index >= 15 is 0 Å². The van der Waals surface area contributed by atoms with E-state index in [2.05, 4.69) is 25.1 Å². The standard InChI is InChI=1S/C23H37NO2/c1-2-6-21(17-24)19-9-10-20-16-23(12-11-18(20)15-19)26-14-13-25-22-7-4-3-5-8-22/h9-10,15,21-23H,2-8,11-14,16-17,24H2,1H3. The summed E-state index contributed by atoms with van der Waals surface area (Å²) in [6, 6.07) is 7.02. The highest BCUT2D eigenvalue weighted by atomic mass is 16.5. The van der Waals surface area contributed by atoms with Crippen molar-refractivity contribution >= 4 is 0 Å². The van der Waals surface area contributed by atoms with Crippen molar-refractivity contribution in [3.05, 3.63) is 34.9 Å². The lowest BCUT2D eigenvalue weighted by molar-refractivity contribution is -0.0346. The molecule has 1 saturated carbocycles. The van der Waals surface area contributed by atoms with E-state index in [0.717, 1.165) is 39.0 Å². The Morgan fingerprint density at radius 2 is 1.77 bits per heavy atom. The van der Waals surface area contributed by atoms with E-state index in [0.29, 0.717) is 18.1 Å². The van der Waals surface area contributed by atoms with Crippen molar-refractivity contribution in [2.24, 2.45) is 5.73 Å². The van der Waals surface area contributed by atoms with Crippen LogP contribution >= 0.6 is 0 Å². The number of hydrogen-bond donors (Lipinski definition) is 1. The molecule has 2 unspecified atom stereocenters. The first-order valence-corrected chi connectivity index (χ1v) is 10.8. The Balaban J connectivity index is 1.44. The van der Waals surface area contributed by atoms with Crippen molar-refractivity contribution in [2.45, 2.75) is 89.3 Å². The predicted molar refractivity (Wildman–Crippen MR) is 108 cm³/mol. The number of nitrogens with two attached hydrogens (primary N) is 1. The van der Waals surface area contributed by atoms with Gasteiger partial charge >= 0.3 is 0 Å². The molecule has 0 aliphatic heterocycles. The molecule has 0 aromatic heterocycles. The molecule has 146 valence electrons. The van der Waals surface area contributed by atoms with Gasteiger partial charge in [0.05, 0.1) is 25.4 Å². The van der Waals surface area contributed by atoms with Crippen LogP contribution in [0.5, 0.6) is 0 Å². The molecule has 0 amide bonds. The van der Waals surface area contributed by atoms with Gasteiger partial charge in [-0.25, -0.2) is 0 Å². The summed E-state index contributed by atoms with van der Waals surface area (Å²) in [6.45, 7) is 4.48. The average Bonchev–Trinajstić information content (AvgIpc) is 2.70. The van der Waals surface area contributed by atoms with Gasteiger partial charge in [-0.15, -0.1) is 0 Å². The summed E-state index contributed by atoms with van der Waals surface area (Å²) in [7, 11) is 0. The third-order valence-electron chi connectivity index (χ3n) is 6.15. The topological polar surface area (TPSA) is 44.5 Å². The van der Waals surface area contributed by atoms with Gasteiger partial charge in [0.2, 0.25) is 0 Å². The van der Waals surface area contributed by atoms with E-state index < -0.39 is 0 Å². The Labute approximate surface area is 159 Å². The van der Waals surface area contributed by atoms with E-state index in [9.17, 15) is 0 Å². The van der Waals surface area contributed by atoms with Crippen LogP contribution in [-0.2, 0) is 22.3 Å². The summed E-state index contributed by atoms with van der Waals surface area (Å²) in [4.78, 5) is 0. The number of aryl methyl sites for hydroxylation is 1. The Bertz CT molecular complexity index is 539. The molecule has 2 N–H and O–H groups in total. The normalized spacial score (nSPS) is 22.2. The fraction of sp³-hybridized carbons (Fsp3) is 0.739. The maximum atomic E-state index is 6.12. The number of ether oxygens (including phenoxy) is 2. The second-order valence-electron chi connectivity index (χ2n) is 8.12. The molecule has 2 atom stereocenters. The van der Waals surface area contributed by atoms with Crippen LogP contribution < -0.4 is 5.73 Å². The largest absolute Gasteiger partial charge is 0.376 e. The van der Waals surface area contributed by atoms with Crippen LogP contribution in [-0.4, -0.2) is 32.0 Å². The Hall–Kier alpha value is -0.900. The molecule has 0 heterocycles. The van der Waals surface area contributed by atoms with Crippen LogP contribution in [0.25, 0.3) is 0 Å². The van der Waals surface area contributed by atoms with E-state index in [4.69, 9.17) is 15.2 Å². The van der Waals surface area contributed by atoms with Crippen LogP contribution in [0.1, 0.15) is 80.9 Å². The molecule has 2 aliphatic rings. The zero-order valence-electron chi connectivity index (χ0n) is 16.6. The minimum absolute atomic E-state index is 0.351. The van der Waals surface area contributed by atoms with Crippen molar-refractivity contribution in [2.75, 3.05) is 19.8 Å². The first-order chi connectivity index (χ1) is 12.8. The average molecular weight is 360 g/mol. The quantitative estimate of drug-likeness (QED) is 0.647. The molecule has 2 aliphatic carbocycles. The Kier molecular flexibility index (Phi) is 7.97. The molecule has 3 nitrogen and oxygen atoms in total. The summed E-state index contributed by atoms with van der Waals surface area (Å²) >= 11 is 0. The summed E-state index contributed by atoms with van der Waals surface area (Å²) < 4.78 is 12.1. The van der Waals surface area contributed by atoms with Crippen LogP contribution in [0.4, 0.5) is 0 Å². The highest BCUT2D eigenvalue weighted by Crippen LogP contribution is 2.28. The summed E-state index contributed by atoms with van der Waals surface area (Å²) in [5, 5.41) is 0. The van der Waals surface area contributed by atoms with Gasteiger partial charge in [-0.05, 0) is 67.7 Å². The second-order valence-corrected chi connectivity index (χ2v) is 8.12. The van der Waals surface area contributed by atoms with E-state index in [1.165, 1.54) is 61.6 Å². The van der Waals surface area contributed by atoms with Crippen LogP contribution in [0.3, 0.4) is 0 Å². The van der Waals surface area contributed by atoms with Gasteiger partial charge in [0.15, 0.2) is 0 Å². The number of benzene rings is 1. The van der Waals surface area contributed by atoms with Crippen LogP contribution in [0.15, 0.2) is 18.2 Å². The lowest BCUT2D eigenvalue weighted by Crippen LogP contribution is -2.26. The second kappa shape index (κ2) is 10.4. The Morgan fingerprint density at radius 1 is 1.00 bits per heavy atom. The molecule has 1 aromatic carbocycles. The molecule has 1 fully saturated rings. The minimum Gasteiger partial charge on any atom is -0.376 e. The van der Waals surface area contributed by atoms with Crippen molar-refractivity contribution in [1.82, 2.24) is 0 Å². The zero-order chi connectivity index (χ0) is 18.2. The SMILES string of the molecule is CCCC(CN)c1ccc2c(c1)CCC(OCCOC1CCCCC1)C2. The highest BCUT2D eigenvalue weighted by Gasteiger charge is 2.21. The molecule has 0 spiro atoms. The third-order valence-corrected chi connectivity index (χ3v) is 6.15. The van der Waals surface area contributed by atoms with Gasteiger partial charge < -0.3 is 15.2 Å². The zero-order valence-corrected chi connectivity index (χ0v) is 16.6. The lowest BCUT2D eigenvalue weighted by Gasteiger charge is -2.27. The fourth-order valence-electron chi connectivity index (χ4n) is 4.57. The summed E-state index contributed by atoms with van der Waals surface area (Å²) in [5.41, 5.74) is 10.4. The van der Waals surface area contributed by atoms with Gasteiger partial charge in [-0.2, -0.15) is 0 Å². The smallest absolute Gasteiger partial charge is 0.0704 e. The molecule has 26 heavy (non-hydrogen) atoms. The number of hydrogen-bond acceptors (Lipinski definition) is 3. The Morgan fingerprint density at radius 3 is 2.50 bits per heavy atom. The monoisotopic (exact) mass is 359 g/mol. The van der Waals surface area contributed by atoms with Gasteiger partial charge in [0, 0.05) is 0 Å². The first kappa shape index (κ1) is 19.9. The molecule has 3 heteroatoms. The molecule has 1 aromatic rings. The van der Waals surface area contributed by atoms with Crippen LogP contribution in [0, 0.1) is 0 Å². The molecule has 3 rings (SSSR count). The van der Waals surface area contributed by atoms with Gasteiger partial charge in [-0.1, -0.05) is 50.8 Å². The number of fused-ring (bicyclic) bond motifs is 1. The highest BCUT2D eigenvalue weighted by molar-refractivity contribution is 5.36. The van der Waals surface area contributed by atoms with Crippen molar-refractivity contribution in [3.8, 4) is 0 Å². The van der Waals surface area contributed by atoms with Crippen molar-refractivity contribution < 1.29 is 9.47 Å². The molecular weight excluding hydrogens is 322 g/mol.